The molecule has 2 rings (SSSR count). The minimum Gasteiger partial charge on any atom is -0.342 e. The Bertz CT molecular complexity index is 545. The Morgan fingerprint density at radius 2 is 2.00 bits per heavy atom. The number of nitrogens with zero attached hydrogens (tertiary/aromatic N) is 1. The lowest BCUT2D eigenvalue weighted by molar-refractivity contribution is -0.130. The van der Waals surface area contributed by atoms with E-state index in [0.29, 0.717) is 18.9 Å². The van der Waals surface area contributed by atoms with Crippen LogP contribution in [0.3, 0.4) is 0 Å². The van der Waals surface area contributed by atoms with Gasteiger partial charge in [-0.3, -0.25) is 9.59 Å². The Labute approximate surface area is 138 Å². The fourth-order valence-electron chi connectivity index (χ4n) is 2.80. The summed E-state index contributed by atoms with van der Waals surface area (Å²) in [5.74, 6) is 0.549. The van der Waals surface area contributed by atoms with Crippen LogP contribution in [0.15, 0.2) is 18.2 Å². The molecule has 4 nitrogen and oxygen atoms in total. The molecule has 0 radical (unpaired) electrons. The standard InChI is InChI=1S/C17H24N2O2.ClH/c1-12-3-4-13(2)15(9-12)16(20)5-6-17(21)19-8-7-14(10-18)11-19;/h3-4,9,14H,5-8,10-11,18H2,1-2H3;1H. The van der Waals surface area contributed by atoms with Crippen molar-refractivity contribution < 1.29 is 9.59 Å². The number of Topliss-reactive ketones (excluding diaryl/α,β-unsaturated/α-hetero) is 1. The number of aryl methyl sites for hydroxylation is 2. The van der Waals surface area contributed by atoms with E-state index in [-0.39, 0.29) is 30.5 Å². The summed E-state index contributed by atoms with van der Waals surface area (Å²) in [6.07, 6.45) is 1.56. The van der Waals surface area contributed by atoms with Gasteiger partial charge in [0.15, 0.2) is 5.78 Å². The predicted octanol–water partition coefficient (Wildman–Crippen LogP) is 2.50. The van der Waals surface area contributed by atoms with Crippen molar-refractivity contribution in [2.24, 2.45) is 11.7 Å². The predicted molar refractivity (Wildman–Crippen MR) is 90.5 cm³/mol. The second kappa shape index (κ2) is 8.30. The summed E-state index contributed by atoms with van der Waals surface area (Å²) in [4.78, 5) is 26.2. The lowest BCUT2D eigenvalue weighted by Crippen LogP contribution is -2.30. The van der Waals surface area contributed by atoms with E-state index in [4.69, 9.17) is 5.73 Å². The maximum Gasteiger partial charge on any atom is 0.223 e. The van der Waals surface area contributed by atoms with Gasteiger partial charge in [-0.2, -0.15) is 0 Å². The normalized spacial score (nSPS) is 17.2. The summed E-state index contributed by atoms with van der Waals surface area (Å²) in [7, 11) is 0. The van der Waals surface area contributed by atoms with Gasteiger partial charge in [0, 0.05) is 31.5 Å². The summed E-state index contributed by atoms with van der Waals surface area (Å²) in [6, 6.07) is 5.85. The van der Waals surface area contributed by atoms with Crippen LogP contribution in [0.5, 0.6) is 0 Å². The van der Waals surface area contributed by atoms with E-state index < -0.39 is 0 Å². The Kier molecular flexibility index (Phi) is 7.04. The van der Waals surface area contributed by atoms with Crippen molar-refractivity contribution in [2.75, 3.05) is 19.6 Å². The number of nitrogens with two attached hydrogens (primary N) is 1. The Hall–Kier alpha value is -1.39. The zero-order chi connectivity index (χ0) is 15.4. The molecule has 1 aliphatic rings. The number of hydrogen-bond acceptors (Lipinski definition) is 3. The van der Waals surface area contributed by atoms with Crippen LogP contribution in [0.4, 0.5) is 0 Å². The molecule has 0 aromatic heterocycles. The molecule has 1 saturated heterocycles. The number of amides is 1. The molecular weight excluding hydrogens is 300 g/mol. The van der Waals surface area contributed by atoms with Crippen LogP contribution < -0.4 is 5.73 Å². The van der Waals surface area contributed by atoms with Crippen molar-refractivity contribution in [3.63, 3.8) is 0 Å². The third kappa shape index (κ3) is 4.55. The third-order valence-electron chi connectivity index (χ3n) is 4.23. The Morgan fingerprint density at radius 3 is 2.64 bits per heavy atom. The fourth-order valence-corrected chi connectivity index (χ4v) is 2.80. The molecule has 1 aromatic carbocycles. The molecule has 1 aromatic rings. The first-order valence-electron chi connectivity index (χ1n) is 7.59. The minimum atomic E-state index is 0. The molecular formula is C17H25ClN2O2. The first kappa shape index (κ1) is 18.7. The number of carbonyl (C=O) groups is 2. The molecule has 2 N–H and O–H groups in total. The van der Waals surface area contributed by atoms with Crippen LogP contribution in [0.2, 0.25) is 0 Å². The molecule has 1 unspecified atom stereocenters. The van der Waals surface area contributed by atoms with Crippen LogP contribution in [-0.2, 0) is 4.79 Å². The SMILES string of the molecule is Cc1ccc(C)c(C(=O)CCC(=O)N2CCC(CN)C2)c1.Cl. The highest BCUT2D eigenvalue weighted by atomic mass is 35.5. The zero-order valence-corrected chi connectivity index (χ0v) is 14.1. The van der Waals surface area contributed by atoms with Gasteiger partial charge in [0.1, 0.15) is 0 Å². The van der Waals surface area contributed by atoms with Gasteiger partial charge >= 0.3 is 0 Å². The van der Waals surface area contributed by atoms with E-state index in [2.05, 4.69) is 0 Å². The number of ketones is 1. The summed E-state index contributed by atoms with van der Waals surface area (Å²) in [5.41, 5.74) is 8.42. The summed E-state index contributed by atoms with van der Waals surface area (Å²) >= 11 is 0. The summed E-state index contributed by atoms with van der Waals surface area (Å²) in [6.45, 7) is 6.05. The monoisotopic (exact) mass is 324 g/mol. The first-order valence-corrected chi connectivity index (χ1v) is 7.59. The molecule has 1 atom stereocenters. The van der Waals surface area contributed by atoms with Crippen molar-refractivity contribution in [3.8, 4) is 0 Å². The quantitative estimate of drug-likeness (QED) is 0.846. The number of halogens is 1. The maximum atomic E-state index is 12.3. The molecule has 1 amide bonds. The second-order valence-corrected chi connectivity index (χ2v) is 5.97. The molecule has 0 saturated carbocycles. The fraction of sp³-hybridized carbons (Fsp3) is 0.529. The number of carbonyl (C=O) groups excluding carboxylic acids is 2. The van der Waals surface area contributed by atoms with Gasteiger partial charge in [-0.15, -0.1) is 12.4 Å². The van der Waals surface area contributed by atoms with Crippen molar-refractivity contribution in [1.82, 2.24) is 4.90 Å². The highest BCUT2D eigenvalue weighted by Gasteiger charge is 2.25. The van der Waals surface area contributed by atoms with Crippen LogP contribution >= 0.6 is 12.4 Å². The van der Waals surface area contributed by atoms with Crippen molar-refractivity contribution >= 4 is 24.1 Å². The van der Waals surface area contributed by atoms with Gasteiger partial charge in [0.2, 0.25) is 5.91 Å². The maximum absolute atomic E-state index is 12.3. The lowest BCUT2D eigenvalue weighted by atomic mass is 9.99. The van der Waals surface area contributed by atoms with Gasteiger partial charge in [-0.05, 0) is 44.4 Å². The van der Waals surface area contributed by atoms with E-state index >= 15 is 0 Å². The number of benzene rings is 1. The third-order valence-corrected chi connectivity index (χ3v) is 4.23. The van der Waals surface area contributed by atoms with E-state index in [1.807, 2.05) is 36.9 Å². The minimum absolute atomic E-state index is 0. The van der Waals surface area contributed by atoms with Crippen LogP contribution in [0.25, 0.3) is 0 Å². The average molecular weight is 325 g/mol. The summed E-state index contributed by atoms with van der Waals surface area (Å²) in [5, 5.41) is 0. The molecule has 122 valence electrons. The molecule has 0 spiro atoms. The molecule has 22 heavy (non-hydrogen) atoms. The lowest BCUT2D eigenvalue weighted by Gasteiger charge is -2.16. The van der Waals surface area contributed by atoms with Gasteiger partial charge in [0.25, 0.3) is 0 Å². The molecule has 1 heterocycles. The van der Waals surface area contributed by atoms with Gasteiger partial charge in [0.05, 0.1) is 0 Å². The van der Waals surface area contributed by atoms with E-state index in [0.717, 1.165) is 36.2 Å². The van der Waals surface area contributed by atoms with Crippen LogP contribution in [0, 0.1) is 19.8 Å². The molecule has 1 aliphatic heterocycles. The Morgan fingerprint density at radius 1 is 1.27 bits per heavy atom. The van der Waals surface area contributed by atoms with Gasteiger partial charge < -0.3 is 10.6 Å². The number of hydrogen-bond donors (Lipinski definition) is 1. The molecule has 5 heteroatoms. The van der Waals surface area contributed by atoms with Crippen molar-refractivity contribution in [3.05, 3.63) is 34.9 Å². The smallest absolute Gasteiger partial charge is 0.223 e. The molecule has 0 aliphatic carbocycles. The van der Waals surface area contributed by atoms with Crippen molar-refractivity contribution in [1.29, 1.82) is 0 Å². The summed E-state index contributed by atoms with van der Waals surface area (Å²) < 4.78 is 0. The Balaban J connectivity index is 0.00000242. The highest BCUT2D eigenvalue weighted by Crippen LogP contribution is 2.18. The average Bonchev–Trinajstić information content (AvgIpc) is 2.96. The molecule has 0 bridgehead atoms. The van der Waals surface area contributed by atoms with Gasteiger partial charge in [-0.1, -0.05) is 17.7 Å². The molecule has 1 fully saturated rings. The second-order valence-electron chi connectivity index (χ2n) is 5.97. The number of rotatable bonds is 5. The number of likely N-dealkylation sites (tertiary alicyclic amines) is 1. The topological polar surface area (TPSA) is 63.4 Å². The first-order chi connectivity index (χ1) is 10.0. The van der Waals surface area contributed by atoms with Gasteiger partial charge in [-0.25, -0.2) is 0 Å². The van der Waals surface area contributed by atoms with E-state index in [9.17, 15) is 9.59 Å². The highest BCUT2D eigenvalue weighted by molar-refractivity contribution is 5.99. The zero-order valence-electron chi connectivity index (χ0n) is 13.3. The van der Waals surface area contributed by atoms with E-state index in [1.54, 1.807) is 0 Å². The van der Waals surface area contributed by atoms with Crippen molar-refractivity contribution in [2.45, 2.75) is 33.1 Å². The largest absolute Gasteiger partial charge is 0.342 e. The van der Waals surface area contributed by atoms with Crippen LogP contribution in [-0.4, -0.2) is 36.2 Å². The van der Waals surface area contributed by atoms with E-state index in [1.165, 1.54) is 0 Å². The van der Waals surface area contributed by atoms with Crippen LogP contribution in [0.1, 0.15) is 40.7 Å².